The first kappa shape index (κ1) is 17.9. The fourth-order valence-electron chi connectivity index (χ4n) is 2.14. The van der Waals surface area contributed by atoms with Crippen molar-refractivity contribution in [2.75, 3.05) is 14.2 Å². The number of hydrogen-bond donors (Lipinski definition) is 1. The van der Waals surface area contributed by atoms with Gasteiger partial charge in [0.2, 0.25) is 0 Å². The number of methoxy groups -OCH3 is 2. The van der Waals surface area contributed by atoms with Crippen LogP contribution in [0.5, 0.6) is 11.5 Å². The summed E-state index contributed by atoms with van der Waals surface area (Å²) in [5.74, 6) is 0.433. The fourth-order valence-corrected chi connectivity index (χ4v) is 2.14. The minimum atomic E-state index is -0.497. The summed E-state index contributed by atoms with van der Waals surface area (Å²) in [6.07, 6.45) is 0. The standard InChI is InChI=1S/C17H17N3O5/c1-11(15-6-4-5-7-16(15)20(22)23)18-19-17(21)12-8-13(24-2)10-14(9-12)25-3/h4-10H,1-3H3,(H,19,21)/b18-11-. The van der Waals surface area contributed by atoms with E-state index < -0.39 is 10.8 Å². The molecule has 0 aliphatic rings. The summed E-state index contributed by atoms with van der Waals surface area (Å²) in [7, 11) is 2.96. The molecule has 0 heterocycles. The summed E-state index contributed by atoms with van der Waals surface area (Å²) in [6, 6.07) is 10.9. The van der Waals surface area contributed by atoms with Gasteiger partial charge in [-0.25, -0.2) is 5.43 Å². The van der Waals surface area contributed by atoms with Crippen LogP contribution in [0.1, 0.15) is 22.8 Å². The van der Waals surface area contributed by atoms with Gasteiger partial charge in [-0.2, -0.15) is 5.10 Å². The van der Waals surface area contributed by atoms with Crippen molar-refractivity contribution in [1.29, 1.82) is 0 Å². The molecule has 0 bridgehead atoms. The molecule has 0 fully saturated rings. The van der Waals surface area contributed by atoms with Gasteiger partial charge in [0, 0.05) is 17.7 Å². The van der Waals surface area contributed by atoms with E-state index in [-0.39, 0.29) is 11.3 Å². The second kappa shape index (κ2) is 7.91. The predicted octanol–water partition coefficient (Wildman–Crippen LogP) is 2.77. The molecule has 0 unspecified atom stereocenters. The van der Waals surface area contributed by atoms with E-state index in [1.54, 1.807) is 31.2 Å². The van der Waals surface area contributed by atoms with Gasteiger partial charge in [0.15, 0.2) is 0 Å². The number of carbonyl (C=O) groups is 1. The Hall–Kier alpha value is -3.42. The van der Waals surface area contributed by atoms with Gasteiger partial charge in [-0.3, -0.25) is 14.9 Å². The van der Waals surface area contributed by atoms with Crippen molar-refractivity contribution in [2.45, 2.75) is 6.92 Å². The second-order valence-electron chi connectivity index (χ2n) is 5.01. The van der Waals surface area contributed by atoms with E-state index in [0.717, 1.165) is 0 Å². The smallest absolute Gasteiger partial charge is 0.278 e. The third kappa shape index (κ3) is 4.31. The highest BCUT2D eigenvalue weighted by atomic mass is 16.6. The van der Waals surface area contributed by atoms with E-state index in [9.17, 15) is 14.9 Å². The second-order valence-corrected chi connectivity index (χ2v) is 5.01. The number of hydrogen-bond acceptors (Lipinski definition) is 6. The molecule has 1 amide bonds. The van der Waals surface area contributed by atoms with Gasteiger partial charge in [0.05, 0.1) is 30.4 Å². The molecule has 2 aromatic rings. The third-order valence-corrected chi connectivity index (χ3v) is 3.43. The van der Waals surface area contributed by atoms with Crippen LogP contribution in [0.2, 0.25) is 0 Å². The normalized spacial score (nSPS) is 10.9. The van der Waals surface area contributed by atoms with Crippen molar-refractivity contribution >= 4 is 17.3 Å². The SMILES string of the molecule is COc1cc(OC)cc(C(=O)N/N=C(/C)c2ccccc2[N+](=O)[O-])c1. The Labute approximate surface area is 144 Å². The molecule has 8 heteroatoms. The summed E-state index contributed by atoms with van der Waals surface area (Å²) in [5, 5.41) is 15.0. The Balaban J connectivity index is 2.24. The molecule has 8 nitrogen and oxygen atoms in total. The number of nitrogens with zero attached hydrogens (tertiary/aromatic N) is 2. The third-order valence-electron chi connectivity index (χ3n) is 3.43. The number of benzene rings is 2. The zero-order valence-electron chi connectivity index (χ0n) is 14.0. The first-order valence-corrected chi connectivity index (χ1v) is 7.27. The van der Waals surface area contributed by atoms with Crippen LogP contribution in [0.25, 0.3) is 0 Å². The van der Waals surface area contributed by atoms with E-state index >= 15 is 0 Å². The van der Waals surface area contributed by atoms with Gasteiger partial charge in [-0.1, -0.05) is 12.1 Å². The molecule has 0 atom stereocenters. The number of para-hydroxylation sites is 1. The van der Waals surface area contributed by atoms with Crippen molar-refractivity contribution in [1.82, 2.24) is 5.43 Å². The molecule has 0 saturated heterocycles. The number of rotatable bonds is 6. The van der Waals surface area contributed by atoms with Crippen LogP contribution >= 0.6 is 0 Å². The summed E-state index contributed by atoms with van der Waals surface area (Å²) in [4.78, 5) is 22.8. The average molecular weight is 343 g/mol. The van der Waals surface area contributed by atoms with Gasteiger partial charge < -0.3 is 9.47 Å². The molecule has 2 rings (SSSR count). The highest BCUT2D eigenvalue weighted by molar-refractivity contribution is 6.03. The van der Waals surface area contributed by atoms with Crippen molar-refractivity contribution in [3.8, 4) is 11.5 Å². The minimum absolute atomic E-state index is 0.0824. The minimum Gasteiger partial charge on any atom is -0.497 e. The lowest BCUT2D eigenvalue weighted by Crippen LogP contribution is -2.19. The van der Waals surface area contributed by atoms with E-state index in [4.69, 9.17) is 9.47 Å². The summed E-state index contributed by atoms with van der Waals surface area (Å²) in [5.41, 5.74) is 3.23. The molecule has 1 N–H and O–H groups in total. The van der Waals surface area contributed by atoms with Gasteiger partial charge in [0.1, 0.15) is 11.5 Å². The number of amides is 1. The maximum absolute atomic E-state index is 12.3. The maximum atomic E-state index is 12.3. The predicted molar refractivity (Wildman–Crippen MR) is 92.3 cm³/mol. The quantitative estimate of drug-likeness (QED) is 0.493. The lowest BCUT2D eigenvalue weighted by atomic mass is 10.1. The van der Waals surface area contributed by atoms with Crippen LogP contribution in [0, 0.1) is 10.1 Å². The molecular formula is C17H17N3O5. The maximum Gasteiger partial charge on any atom is 0.278 e. The number of nitro benzene ring substituents is 1. The van der Waals surface area contributed by atoms with Crippen molar-refractivity contribution < 1.29 is 19.2 Å². The largest absolute Gasteiger partial charge is 0.497 e. The van der Waals surface area contributed by atoms with E-state index in [1.807, 2.05) is 0 Å². The topological polar surface area (TPSA) is 103 Å². The Bertz CT molecular complexity index is 811. The molecular weight excluding hydrogens is 326 g/mol. The molecule has 25 heavy (non-hydrogen) atoms. The zero-order chi connectivity index (χ0) is 18.4. The Morgan fingerprint density at radius 2 is 1.72 bits per heavy atom. The lowest BCUT2D eigenvalue weighted by Gasteiger charge is -2.08. The van der Waals surface area contributed by atoms with Crippen LogP contribution in [-0.4, -0.2) is 30.8 Å². The number of ether oxygens (including phenoxy) is 2. The molecule has 0 spiro atoms. The van der Waals surface area contributed by atoms with Crippen LogP contribution in [0.3, 0.4) is 0 Å². The summed E-state index contributed by atoms with van der Waals surface area (Å²) < 4.78 is 10.2. The molecule has 0 aliphatic carbocycles. The van der Waals surface area contributed by atoms with Crippen molar-refractivity contribution in [2.24, 2.45) is 5.10 Å². The van der Waals surface area contributed by atoms with Crippen LogP contribution in [0.15, 0.2) is 47.6 Å². The molecule has 0 aliphatic heterocycles. The number of nitrogens with one attached hydrogen (secondary N) is 1. The van der Waals surface area contributed by atoms with Gasteiger partial charge >= 0.3 is 0 Å². The van der Waals surface area contributed by atoms with Gasteiger partial charge in [-0.05, 0) is 25.1 Å². The molecule has 0 saturated carbocycles. The van der Waals surface area contributed by atoms with E-state index in [2.05, 4.69) is 10.5 Å². The van der Waals surface area contributed by atoms with E-state index in [0.29, 0.717) is 22.8 Å². The molecule has 0 aromatic heterocycles. The number of hydrazone groups is 1. The average Bonchev–Trinajstić information content (AvgIpc) is 2.65. The van der Waals surface area contributed by atoms with Crippen LogP contribution in [0.4, 0.5) is 5.69 Å². The highest BCUT2D eigenvalue weighted by Crippen LogP contribution is 2.22. The van der Waals surface area contributed by atoms with Crippen LogP contribution in [-0.2, 0) is 0 Å². The van der Waals surface area contributed by atoms with Gasteiger partial charge in [-0.15, -0.1) is 0 Å². The van der Waals surface area contributed by atoms with Crippen LogP contribution < -0.4 is 14.9 Å². The number of carbonyl (C=O) groups excluding carboxylic acids is 1. The molecule has 130 valence electrons. The molecule has 2 aromatic carbocycles. The monoisotopic (exact) mass is 343 g/mol. The fraction of sp³-hybridized carbons (Fsp3) is 0.176. The Morgan fingerprint density at radius 3 is 2.28 bits per heavy atom. The lowest BCUT2D eigenvalue weighted by molar-refractivity contribution is -0.385. The summed E-state index contributed by atoms with van der Waals surface area (Å²) >= 11 is 0. The summed E-state index contributed by atoms with van der Waals surface area (Å²) in [6.45, 7) is 1.58. The van der Waals surface area contributed by atoms with Crippen molar-refractivity contribution in [3.63, 3.8) is 0 Å². The molecule has 0 radical (unpaired) electrons. The zero-order valence-corrected chi connectivity index (χ0v) is 14.0. The van der Waals surface area contributed by atoms with E-state index in [1.165, 1.54) is 32.4 Å². The first-order chi connectivity index (χ1) is 12.0. The van der Waals surface area contributed by atoms with Gasteiger partial charge in [0.25, 0.3) is 11.6 Å². The van der Waals surface area contributed by atoms with Crippen molar-refractivity contribution in [3.05, 3.63) is 63.7 Å². The Morgan fingerprint density at radius 1 is 1.12 bits per heavy atom. The number of nitro groups is 1. The Kier molecular flexibility index (Phi) is 5.67. The first-order valence-electron chi connectivity index (χ1n) is 7.27. The highest BCUT2D eigenvalue weighted by Gasteiger charge is 2.15.